The number of carbonyl (C=O) groups is 2. The summed E-state index contributed by atoms with van der Waals surface area (Å²) in [6, 6.07) is 0. The maximum Gasteiger partial charge on any atom is 0.376 e. The predicted molar refractivity (Wildman–Crippen MR) is 47.8 cm³/mol. The summed E-state index contributed by atoms with van der Waals surface area (Å²) >= 11 is 2.71. The van der Waals surface area contributed by atoms with Crippen molar-refractivity contribution in [3.05, 3.63) is 10.3 Å². The molecule has 0 unspecified atom stereocenters. The summed E-state index contributed by atoms with van der Waals surface area (Å²) in [7, 11) is 0. The summed E-state index contributed by atoms with van der Waals surface area (Å²) in [4.78, 5) is 20.6. The quantitative estimate of drug-likeness (QED) is 0.536. The average Bonchev–Trinajstić information content (AvgIpc) is 1.99. The molecule has 0 aromatic heterocycles. The van der Waals surface area contributed by atoms with Crippen molar-refractivity contribution in [3.63, 3.8) is 0 Å². The zero-order chi connectivity index (χ0) is 8.85. The molecule has 1 N–H and O–H groups in total. The molecule has 0 aliphatic carbocycles. The van der Waals surface area contributed by atoms with Gasteiger partial charge in [0.1, 0.15) is 0 Å². The molecule has 0 atom stereocenters. The van der Waals surface area contributed by atoms with Gasteiger partial charge in [0.25, 0.3) is 5.78 Å². The highest BCUT2D eigenvalue weighted by Gasteiger charge is 2.08. The molecule has 0 saturated heterocycles. The molecule has 0 aliphatic heterocycles. The zero-order valence-corrected chi connectivity index (χ0v) is 7.79. The van der Waals surface area contributed by atoms with E-state index in [4.69, 9.17) is 5.11 Å². The summed E-state index contributed by atoms with van der Waals surface area (Å²) in [5, 5.41) is 8.21. The van der Waals surface area contributed by atoms with E-state index < -0.39 is 11.8 Å². The summed E-state index contributed by atoms with van der Waals surface area (Å²) in [5.41, 5.74) is 0. The van der Waals surface area contributed by atoms with Crippen LogP contribution in [0.25, 0.3) is 0 Å². The number of carboxylic acid groups (broad SMARTS) is 1. The van der Waals surface area contributed by atoms with Crippen LogP contribution in [-0.4, -0.2) is 29.4 Å². The first-order chi connectivity index (χ1) is 5.11. The second-order valence-corrected chi connectivity index (χ2v) is 3.50. The van der Waals surface area contributed by atoms with E-state index in [-0.39, 0.29) is 0 Å². The highest BCUT2D eigenvalue weighted by Crippen LogP contribution is 2.22. The molecule has 0 aliphatic rings. The molecule has 0 heterocycles. The molecule has 0 saturated carbocycles. The standard InChI is InChI=1S/C6H8O3S2/c1-10-5(11-2)3-4(7)6(8)9/h3H,1-2H3,(H,8,9). The largest absolute Gasteiger partial charge is 0.475 e. The molecule has 0 aromatic rings. The van der Waals surface area contributed by atoms with Gasteiger partial charge in [-0.15, -0.1) is 23.5 Å². The van der Waals surface area contributed by atoms with Gasteiger partial charge in [0.2, 0.25) is 0 Å². The molecule has 0 amide bonds. The average molecular weight is 192 g/mol. The van der Waals surface area contributed by atoms with Gasteiger partial charge < -0.3 is 5.11 Å². The monoisotopic (exact) mass is 192 g/mol. The molecule has 0 radical (unpaired) electrons. The summed E-state index contributed by atoms with van der Waals surface area (Å²) in [6.07, 6.45) is 4.70. The Morgan fingerprint density at radius 3 is 2.00 bits per heavy atom. The lowest BCUT2D eigenvalue weighted by molar-refractivity contribution is -0.146. The number of ketones is 1. The van der Waals surface area contributed by atoms with Gasteiger partial charge in [0.05, 0.1) is 0 Å². The molecular weight excluding hydrogens is 184 g/mol. The second-order valence-electron chi connectivity index (χ2n) is 1.54. The highest BCUT2D eigenvalue weighted by atomic mass is 32.2. The fourth-order valence-electron chi connectivity index (χ4n) is 0.370. The Balaban J connectivity index is 4.27. The Morgan fingerprint density at radius 1 is 1.27 bits per heavy atom. The van der Waals surface area contributed by atoms with E-state index in [9.17, 15) is 9.59 Å². The molecule has 0 fully saturated rings. The second kappa shape index (κ2) is 5.26. The first-order valence-corrected chi connectivity index (χ1v) is 5.13. The number of thioether (sulfide) groups is 2. The van der Waals surface area contributed by atoms with E-state index in [0.29, 0.717) is 4.24 Å². The Labute approximate surface area is 73.2 Å². The molecule has 5 heteroatoms. The maximum atomic E-state index is 10.6. The van der Waals surface area contributed by atoms with Crippen LogP contribution in [0, 0.1) is 0 Å². The van der Waals surface area contributed by atoms with Gasteiger partial charge >= 0.3 is 5.97 Å². The van der Waals surface area contributed by atoms with Crippen LogP contribution in [0.3, 0.4) is 0 Å². The predicted octanol–water partition coefficient (Wildman–Crippen LogP) is 1.21. The van der Waals surface area contributed by atoms with Gasteiger partial charge in [0.15, 0.2) is 0 Å². The lowest BCUT2D eigenvalue weighted by Crippen LogP contribution is -2.08. The maximum absolute atomic E-state index is 10.6. The van der Waals surface area contributed by atoms with Gasteiger partial charge in [-0.2, -0.15) is 0 Å². The Kier molecular flexibility index (Phi) is 5.06. The minimum Gasteiger partial charge on any atom is -0.475 e. The van der Waals surface area contributed by atoms with E-state index in [0.717, 1.165) is 6.08 Å². The first kappa shape index (κ1) is 10.6. The van der Waals surface area contributed by atoms with Crippen LogP contribution in [0.15, 0.2) is 10.3 Å². The van der Waals surface area contributed by atoms with Crippen molar-refractivity contribution >= 4 is 35.3 Å². The number of hydrogen-bond acceptors (Lipinski definition) is 4. The number of rotatable bonds is 4. The number of aliphatic carboxylic acids is 1. The third-order valence-corrected chi connectivity index (χ3v) is 2.90. The summed E-state index contributed by atoms with van der Waals surface area (Å²) in [5.74, 6) is -2.28. The fourth-order valence-corrected chi connectivity index (χ4v) is 1.49. The van der Waals surface area contributed by atoms with Crippen LogP contribution >= 0.6 is 23.5 Å². The van der Waals surface area contributed by atoms with Gasteiger partial charge in [-0.25, -0.2) is 4.79 Å². The minimum absolute atomic E-state index is 0.706. The van der Waals surface area contributed by atoms with Crippen LogP contribution in [0.1, 0.15) is 0 Å². The van der Waals surface area contributed by atoms with Gasteiger partial charge in [0, 0.05) is 10.3 Å². The van der Waals surface area contributed by atoms with Crippen molar-refractivity contribution in [2.24, 2.45) is 0 Å². The van der Waals surface area contributed by atoms with E-state index in [1.54, 1.807) is 12.5 Å². The van der Waals surface area contributed by atoms with Gasteiger partial charge in [-0.3, -0.25) is 4.79 Å². The zero-order valence-electron chi connectivity index (χ0n) is 6.16. The molecule has 0 spiro atoms. The molecule has 0 aromatic carbocycles. The fraction of sp³-hybridized carbons (Fsp3) is 0.333. The van der Waals surface area contributed by atoms with E-state index in [1.807, 2.05) is 0 Å². The molecule has 11 heavy (non-hydrogen) atoms. The molecule has 0 rings (SSSR count). The van der Waals surface area contributed by atoms with Crippen molar-refractivity contribution in [1.82, 2.24) is 0 Å². The van der Waals surface area contributed by atoms with Crippen molar-refractivity contribution in [3.8, 4) is 0 Å². The van der Waals surface area contributed by atoms with Crippen molar-refractivity contribution in [2.45, 2.75) is 0 Å². The van der Waals surface area contributed by atoms with Crippen LogP contribution in [0.5, 0.6) is 0 Å². The van der Waals surface area contributed by atoms with Gasteiger partial charge in [-0.05, 0) is 12.5 Å². The third kappa shape index (κ3) is 4.10. The Hall–Kier alpha value is -0.420. The lowest BCUT2D eigenvalue weighted by atomic mass is 10.4. The molecular formula is C6H8O3S2. The number of carboxylic acids is 1. The molecule has 3 nitrogen and oxygen atoms in total. The lowest BCUT2D eigenvalue weighted by Gasteiger charge is -1.94. The van der Waals surface area contributed by atoms with Crippen molar-refractivity contribution in [1.29, 1.82) is 0 Å². The van der Waals surface area contributed by atoms with E-state index in [2.05, 4.69) is 0 Å². The molecule has 62 valence electrons. The summed E-state index contributed by atoms with van der Waals surface area (Å²) < 4.78 is 0.706. The molecule has 0 bridgehead atoms. The Bertz CT molecular complexity index is 192. The van der Waals surface area contributed by atoms with Gasteiger partial charge in [-0.1, -0.05) is 0 Å². The third-order valence-electron chi connectivity index (χ3n) is 0.862. The van der Waals surface area contributed by atoms with Crippen molar-refractivity contribution in [2.75, 3.05) is 12.5 Å². The normalized spacial score (nSPS) is 8.91. The number of carbonyl (C=O) groups excluding carboxylic acids is 1. The summed E-state index contributed by atoms with van der Waals surface area (Å²) in [6.45, 7) is 0. The van der Waals surface area contributed by atoms with Crippen LogP contribution in [0.2, 0.25) is 0 Å². The van der Waals surface area contributed by atoms with Crippen LogP contribution in [-0.2, 0) is 9.59 Å². The topological polar surface area (TPSA) is 54.4 Å². The van der Waals surface area contributed by atoms with Crippen LogP contribution < -0.4 is 0 Å². The smallest absolute Gasteiger partial charge is 0.376 e. The van der Waals surface area contributed by atoms with E-state index >= 15 is 0 Å². The first-order valence-electron chi connectivity index (χ1n) is 2.68. The minimum atomic E-state index is -1.41. The van der Waals surface area contributed by atoms with Crippen LogP contribution in [0.4, 0.5) is 0 Å². The number of hydrogen-bond donors (Lipinski definition) is 1. The SMILES string of the molecule is CSC(=CC(=O)C(=O)O)SC. The van der Waals surface area contributed by atoms with E-state index in [1.165, 1.54) is 23.5 Å². The van der Waals surface area contributed by atoms with Crippen molar-refractivity contribution < 1.29 is 14.7 Å². The Morgan fingerprint density at radius 2 is 1.73 bits per heavy atom. The highest BCUT2D eigenvalue weighted by molar-refractivity contribution is 8.21.